The number of amides is 1. The van der Waals surface area contributed by atoms with Crippen LogP contribution in [0.25, 0.3) is 0 Å². The zero-order valence-electron chi connectivity index (χ0n) is 15.7. The summed E-state index contributed by atoms with van der Waals surface area (Å²) in [5.41, 5.74) is 1.34. The summed E-state index contributed by atoms with van der Waals surface area (Å²) in [7, 11) is 0. The van der Waals surface area contributed by atoms with Crippen molar-refractivity contribution in [1.82, 2.24) is 14.9 Å². The molecule has 3 aliphatic heterocycles. The minimum atomic E-state index is -0.464. The van der Waals surface area contributed by atoms with Crippen molar-refractivity contribution in [2.75, 3.05) is 44.3 Å². The third-order valence-electron chi connectivity index (χ3n) is 5.75. The number of aryl methyl sites for hydroxylation is 1. The monoisotopic (exact) mass is 360 g/mol. The summed E-state index contributed by atoms with van der Waals surface area (Å²) < 4.78 is 11.5. The summed E-state index contributed by atoms with van der Waals surface area (Å²) in [4.78, 5) is 26.2. The quantitative estimate of drug-likeness (QED) is 0.804. The van der Waals surface area contributed by atoms with Crippen molar-refractivity contribution >= 4 is 11.9 Å². The third kappa shape index (κ3) is 3.55. The van der Waals surface area contributed by atoms with Crippen molar-refractivity contribution in [3.63, 3.8) is 0 Å². The molecule has 4 heterocycles. The second-order valence-electron chi connectivity index (χ2n) is 7.76. The van der Waals surface area contributed by atoms with Gasteiger partial charge in [-0.25, -0.2) is 9.97 Å². The Hall–Kier alpha value is -1.73. The molecule has 4 rings (SSSR count). The van der Waals surface area contributed by atoms with E-state index in [4.69, 9.17) is 9.47 Å². The highest BCUT2D eigenvalue weighted by atomic mass is 16.7. The highest BCUT2D eigenvalue weighted by molar-refractivity contribution is 5.92. The highest BCUT2D eigenvalue weighted by Gasteiger charge is 2.41. The number of hydrogen-bond acceptors (Lipinski definition) is 6. The van der Waals surface area contributed by atoms with Crippen LogP contribution >= 0.6 is 0 Å². The molecule has 1 aromatic heterocycles. The van der Waals surface area contributed by atoms with Gasteiger partial charge in [0.05, 0.1) is 13.2 Å². The first-order valence-electron chi connectivity index (χ1n) is 9.72. The van der Waals surface area contributed by atoms with Crippen LogP contribution in [0.15, 0.2) is 6.07 Å². The minimum Gasteiger partial charge on any atom is -0.347 e. The zero-order chi connectivity index (χ0) is 18.1. The molecule has 0 unspecified atom stereocenters. The molecule has 0 saturated carbocycles. The van der Waals surface area contributed by atoms with E-state index < -0.39 is 5.79 Å². The molecule has 3 aliphatic rings. The maximum absolute atomic E-state index is 13.0. The van der Waals surface area contributed by atoms with Gasteiger partial charge in [-0.15, -0.1) is 0 Å². The molecule has 0 bridgehead atoms. The molecule has 3 saturated heterocycles. The summed E-state index contributed by atoms with van der Waals surface area (Å²) >= 11 is 0. The van der Waals surface area contributed by atoms with Crippen molar-refractivity contribution in [1.29, 1.82) is 0 Å². The fourth-order valence-corrected chi connectivity index (χ4v) is 4.01. The first-order chi connectivity index (χ1) is 12.5. The van der Waals surface area contributed by atoms with Gasteiger partial charge in [0.1, 0.15) is 5.69 Å². The van der Waals surface area contributed by atoms with Crippen molar-refractivity contribution in [2.45, 2.75) is 45.3 Å². The third-order valence-corrected chi connectivity index (χ3v) is 5.75. The molecule has 26 heavy (non-hydrogen) atoms. The SMILES string of the molecule is Cc1cc(C(=O)N2CCC3(CC2)OCCO3)nc(N2CCC(C)CC2)n1. The van der Waals surface area contributed by atoms with Crippen LogP contribution in [-0.4, -0.2) is 66.0 Å². The number of nitrogens with zero attached hydrogens (tertiary/aromatic N) is 4. The lowest BCUT2D eigenvalue weighted by atomic mass is 10.00. The van der Waals surface area contributed by atoms with Crippen molar-refractivity contribution < 1.29 is 14.3 Å². The fraction of sp³-hybridized carbons (Fsp3) is 0.737. The zero-order valence-corrected chi connectivity index (χ0v) is 15.7. The van der Waals surface area contributed by atoms with Crippen LogP contribution < -0.4 is 4.90 Å². The molecule has 1 amide bonds. The summed E-state index contributed by atoms with van der Waals surface area (Å²) in [5, 5.41) is 0. The van der Waals surface area contributed by atoms with Gasteiger partial charge in [0, 0.05) is 44.7 Å². The lowest BCUT2D eigenvalue weighted by Gasteiger charge is -2.37. The van der Waals surface area contributed by atoms with Gasteiger partial charge in [-0.1, -0.05) is 6.92 Å². The van der Waals surface area contributed by atoms with E-state index in [9.17, 15) is 4.79 Å². The number of aromatic nitrogens is 2. The van der Waals surface area contributed by atoms with Gasteiger partial charge in [0.15, 0.2) is 5.79 Å². The average Bonchev–Trinajstić information content (AvgIpc) is 3.10. The molecule has 142 valence electrons. The lowest BCUT2D eigenvalue weighted by Crippen LogP contribution is -2.47. The van der Waals surface area contributed by atoms with Gasteiger partial charge in [-0.3, -0.25) is 4.79 Å². The van der Waals surface area contributed by atoms with Crippen LogP contribution in [0.3, 0.4) is 0 Å². The molecule has 1 spiro atoms. The maximum atomic E-state index is 13.0. The van der Waals surface area contributed by atoms with Crippen molar-refractivity contribution in [2.24, 2.45) is 5.92 Å². The van der Waals surface area contributed by atoms with Gasteiger partial charge < -0.3 is 19.3 Å². The predicted molar refractivity (Wildman–Crippen MR) is 97.2 cm³/mol. The van der Waals surface area contributed by atoms with E-state index in [-0.39, 0.29) is 5.91 Å². The van der Waals surface area contributed by atoms with Crippen LogP contribution in [0.1, 0.15) is 48.8 Å². The molecule has 3 fully saturated rings. The first kappa shape index (κ1) is 17.7. The van der Waals surface area contributed by atoms with E-state index in [1.807, 2.05) is 11.8 Å². The van der Waals surface area contributed by atoms with Gasteiger partial charge in [-0.2, -0.15) is 0 Å². The van der Waals surface area contributed by atoms with E-state index in [1.54, 1.807) is 6.07 Å². The number of piperidine rings is 2. The smallest absolute Gasteiger partial charge is 0.272 e. The van der Waals surface area contributed by atoms with Gasteiger partial charge in [0.25, 0.3) is 5.91 Å². The van der Waals surface area contributed by atoms with E-state index in [0.29, 0.717) is 37.9 Å². The summed E-state index contributed by atoms with van der Waals surface area (Å²) in [6.07, 6.45) is 3.74. The molecule has 7 heteroatoms. The van der Waals surface area contributed by atoms with Crippen LogP contribution in [0.2, 0.25) is 0 Å². The van der Waals surface area contributed by atoms with E-state index in [1.165, 1.54) is 0 Å². The molecular formula is C19H28N4O3. The summed E-state index contributed by atoms with van der Waals surface area (Å²) in [6, 6.07) is 1.80. The summed E-state index contributed by atoms with van der Waals surface area (Å²) in [6.45, 7) is 8.70. The van der Waals surface area contributed by atoms with Crippen molar-refractivity contribution in [3.8, 4) is 0 Å². The van der Waals surface area contributed by atoms with E-state index >= 15 is 0 Å². The van der Waals surface area contributed by atoms with Crippen molar-refractivity contribution in [3.05, 3.63) is 17.5 Å². The second kappa shape index (κ2) is 7.12. The number of likely N-dealkylation sites (tertiary alicyclic amines) is 1. The number of hydrogen-bond donors (Lipinski definition) is 0. The van der Waals surface area contributed by atoms with Gasteiger partial charge in [-0.05, 0) is 31.7 Å². The standard InChI is InChI=1S/C19H28N4O3/c1-14-3-7-23(8-4-14)18-20-15(2)13-16(21-18)17(24)22-9-5-19(6-10-22)25-11-12-26-19/h13-14H,3-12H2,1-2H3. The maximum Gasteiger partial charge on any atom is 0.272 e. The fourth-order valence-electron chi connectivity index (χ4n) is 4.01. The molecule has 0 atom stereocenters. The number of rotatable bonds is 2. The molecular weight excluding hydrogens is 332 g/mol. The van der Waals surface area contributed by atoms with Crippen LogP contribution in [-0.2, 0) is 9.47 Å². The van der Waals surface area contributed by atoms with E-state index in [0.717, 1.165) is 50.4 Å². The molecule has 0 aromatic carbocycles. The van der Waals surface area contributed by atoms with Gasteiger partial charge >= 0.3 is 0 Å². The Bertz CT molecular complexity index is 657. The minimum absolute atomic E-state index is 0.0185. The largest absolute Gasteiger partial charge is 0.347 e. The van der Waals surface area contributed by atoms with Crippen LogP contribution in [0, 0.1) is 12.8 Å². The Balaban J connectivity index is 1.46. The topological polar surface area (TPSA) is 67.8 Å². The molecule has 0 N–H and O–H groups in total. The van der Waals surface area contributed by atoms with E-state index in [2.05, 4.69) is 21.8 Å². The Morgan fingerprint density at radius 3 is 2.42 bits per heavy atom. The normalized spacial score (nSPS) is 23.6. The van der Waals surface area contributed by atoms with Gasteiger partial charge in [0.2, 0.25) is 5.95 Å². The van der Waals surface area contributed by atoms with Crippen LogP contribution in [0.5, 0.6) is 0 Å². The molecule has 0 radical (unpaired) electrons. The highest BCUT2D eigenvalue weighted by Crippen LogP contribution is 2.31. The lowest BCUT2D eigenvalue weighted by molar-refractivity contribution is -0.181. The first-order valence-corrected chi connectivity index (χ1v) is 9.72. The summed E-state index contributed by atoms with van der Waals surface area (Å²) in [5.74, 6) is 0.956. The average molecular weight is 360 g/mol. The molecule has 0 aliphatic carbocycles. The Morgan fingerprint density at radius 1 is 1.12 bits per heavy atom. The Labute approximate surface area is 154 Å². The Kier molecular flexibility index (Phi) is 4.84. The number of anilines is 1. The molecule has 7 nitrogen and oxygen atoms in total. The Morgan fingerprint density at radius 2 is 1.77 bits per heavy atom. The predicted octanol–water partition coefficient (Wildman–Crippen LogP) is 2.00. The number of carbonyl (C=O) groups is 1. The number of ether oxygens (including phenoxy) is 2. The second-order valence-corrected chi connectivity index (χ2v) is 7.76. The molecule has 1 aromatic rings. The number of carbonyl (C=O) groups excluding carboxylic acids is 1. The van der Waals surface area contributed by atoms with Crippen LogP contribution in [0.4, 0.5) is 5.95 Å².